The van der Waals surface area contributed by atoms with Gasteiger partial charge in [0.15, 0.2) is 5.82 Å². The third kappa shape index (κ3) is 5.23. The fourth-order valence-corrected chi connectivity index (χ4v) is 4.23. The van der Waals surface area contributed by atoms with Crippen LogP contribution >= 0.6 is 46.3 Å². The molecule has 0 aliphatic rings. The van der Waals surface area contributed by atoms with Gasteiger partial charge in [-0.3, -0.25) is 4.79 Å². The van der Waals surface area contributed by atoms with Gasteiger partial charge in [0.2, 0.25) is 5.91 Å². The van der Waals surface area contributed by atoms with Gasteiger partial charge in [0, 0.05) is 6.20 Å². The molecule has 12 heteroatoms. The summed E-state index contributed by atoms with van der Waals surface area (Å²) in [6.07, 6.45) is -3.47. The molecule has 1 N–H and O–H groups in total. The molecule has 0 aliphatic carbocycles. The van der Waals surface area contributed by atoms with Crippen molar-refractivity contribution in [2.24, 2.45) is 0 Å². The molecule has 3 aromatic rings. The van der Waals surface area contributed by atoms with E-state index in [1.807, 2.05) is 0 Å². The van der Waals surface area contributed by atoms with Gasteiger partial charge in [-0.2, -0.15) is 18.4 Å². The van der Waals surface area contributed by atoms with Gasteiger partial charge in [-0.25, -0.2) is 9.97 Å². The molecule has 3 rings (SSSR count). The Morgan fingerprint density at radius 2 is 2.10 bits per heavy atom. The number of nitriles is 1. The van der Waals surface area contributed by atoms with Crippen molar-refractivity contribution >= 4 is 58.0 Å². The van der Waals surface area contributed by atoms with Crippen molar-refractivity contribution in [2.75, 3.05) is 11.1 Å². The largest absolute Gasteiger partial charge is 0.417 e. The summed E-state index contributed by atoms with van der Waals surface area (Å²) in [5, 5.41) is 13.6. The van der Waals surface area contributed by atoms with Crippen molar-refractivity contribution in [3.05, 3.63) is 57.0 Å². The molecular formula is C18H9Cl2F3N4OS2. The Morgan fingerprint density at radius 1 is 1.33 bits per heavy atom. The number of carbonyl (C=O) groups excluding carboxylic acids is 1. The zero-order chi connectivity index (χ0) is 21.9. The molecule has 1 amide bonds. The number of rotatable bonds is 5. The number of nitrogens with zero attached hydrogens (tertiary/aromatic N) is 3. The lowest BCUT2D eigenvalue weighted by Crippen LogP contribution is -2.16. The highest BCUT2D eigenvalue weighted by atomic mass is 35.5. The monoisotopic (exact) mass is 488 g/mol. The number of hydrogen-bond donors (Lipinski definition) is 1. The molecule has 0 aromatic carbocycles. The Morgan fingerprint density at radius 3 is 2.70 bits per heavy atom. The average Bonchev–Trinajstić information content (AvgIpc) is 3.22. The molecular weight excluding hydrogens is 480 g/mol. The van der Waals surface area contributed by atoms with Crippen molar-refractivity contribution in [2.45, 2.75) is 11.2 Å². The van der Waals surface area contributed by atoms with E-state index in [-0.39, 0.29) is 32.3 Å². The molecule has 0 spiro atoms. The van der Waals surface area contributed by atoms with Crippen molar-refractivity contribution in [3.63, 3.8) is 0 Å². The number of anilines is 1. The Labute approximate surface area is 186 Å². The van der Waals surface area contributed by atoms with Gasteiger partial charge in [0.1, 0.15) is 11.1 Å². The van der Waals surface area contributed by atoms with Crippen molar-refractivity contribution < 1.29 is 18.0 Å². The number of amides is 1. The smallest absolute Gasteiger partial charge is 0.309 e. The molecule has 5 nitrogen and oxygen atoms in total. The predicted octanol–water partition coefficient (Wildman–Crippen LogP) is 6.13. The molecule has 0 saturated carbocycles. The van der Waals surface area contributed by atoms with E-state index in [2.05, 4.69) is 15.3 Å². The number of thioether (sulfide) groups is 1. The van der Waals surface area contributed by atoms with Gasteiger partial charge in [-0.1, -0.05) is 41.0 Å². The van der Waals surface area contributed by atoms with E-state index in [0.29, 0.717) is 16.6 Å². The minimum absolute atomic E-state index is 0.0587. The number of pyridine rings is 2. The van der Waals surface area contributed by atoms with Crippen LogP contribution in [0.3, 0.4) is 0 Å². The second-order valence-electron chi connectivity index (χ2n) is 5.64. The third-order valence-electron chi connectivity index (χ3n) is 3.58. The molecule has 3 aromatic heterocycles. The Kier molecular flexibility index (Phi) is 6.88. The van der Waals surface area contributed by atoms with Gasteiger partial charge in [0.05, 0.1) is 37.5 Å². The number of nitrogens with one attached hydrogen (secondary N) is 1. The first kappa shape index (κ1) is 22.4. The zero-order valence-corrected chi connectivity index (χ0v) is 17.8. The lowest BCUT2D eigenvalue weighted by Gasteiger charge is -2.13. The predicted molar refractivity (Wildman–Crippen MR) is 111 cm³/mol. The highest BCUT2D eigenvalue weighted by molar-refractivity contribution is 8.00. The first-order valence-corrected chi connectivity index (χ1v) is 10.6. The molecule has 0 radical (unpaired) electrons. The average molecular weight is 489 g/mol. The number of hydrogen-bond acceptors (Lipinski definition) is 6. The molecule has 0 saturated heterocycles. The Hall–Kier alpha value is -2.32. The fourth-order valence-electron chi connectivity index (χ4n) is 2.32. The van der Waals surface area contributed by atoms with Gasteiger partial charge in [-0.15, -0.1) is 11.3 Å². The molecule has 0 bridgehead atoms. The Bertz CT molecular complexity index is 1130. The van der Waals surface area contributed by atoms with E-state index >= 15 is 0 Å². The SMILES string of the molecule is N#Cc1c(C(F)(F)F)cc(-c2cccs2)nc1SCC(=O)Nc1ncc(Cl)cc1Cl. The van der Waals surface area contributed by atoms with Crippen LogP contribution in [0.1, 0.15) is 11.1 Å². The second-order valence-corrected chi connectivity index (χ2v) is 8.40. The van der Waals surface area contributed by atoms with Crippen molar-refractivity contribution in [1.29, 1.82) is 5.26 Å². The normalized spacial score (nSPS) is 11.2. The van der Waals surface area contributed by atoms with E-state index in [1.165, 1.54) is 23.6 Å². The summed E-state index contributed by atoms with van der Waals surface area (Å²) < 4.78 is 40.5. The van der Waals surface area contributed by atoms with Crippen molar-refractivity contribution in [3.8, 4) is 16.6 Å². The lowest BCUT2D eigenvalue weighted by atomic mass is 10.1. The van der Waals surface area contributed by atoms with Gasteiger partial charge in [0.25, 0.3) is 0 Å². The summed E-state index contributed by atoms with van der Waals surface area (Å²) in [4.78, 5) is 20.8. The van der Waals surface area contributed by atoms with Crippen LogP contribution in [0.4, 0.5) is 19.0 Å². The fraction of sp³-hybridized carbons (Fsp3) is 0.111. The van der Waals surface area contributed by atoms with Gasteiger partial charge < -0.3 is 5.32 Å². The molecule has 30 heavy (non-hydrogen) atoms. The van der Waals surface area contributed by atoms with E-state index in [4.69, 9.17) is 23.2 Å². The maximum atomic E-state index is 13.5. The number of alkyl halides is 3. The summed E-state index contributed by atoms with van der Waals surface area (Å²) in [5.41, 5.74) is -1.67. The van der Waals surface area contributed by atoms with Crippen LogP contribution in [-0.4, -0.2) is 21.6 Å². The van der Waals surface area contributed by atoms with Crippen LogP contribution in [0.5, 0.6) is 0 Å². The number of carbonyl (C=O) groups is 1. The minimum Gasteiger partial charge on any atom is -0.309 e. The maximum absolute atomic E-state index is 13.5. The Balaban J connectivity index is 1.88. The first-order valence-electron chi connectivity index (χ1n) is 7.99. The van der Waals surface area contributed by atoms with Crippen LogP contribution in [0.25, 0.3) is 10.6 Å². The molecule has 0 atom stereocenters. The van der Waals surface area contributed by atoms with E-state index in [1.54, 1.807) is 23.6 Å². The summed E-state index contributed by atoms with van der Waals surface area (Å²) in [6.45, 7) is 0. The molecule has 154 valence electrons. The summed E-state index contributed by atoms with van der Waals surface area (Å²) in [6, 6.07) is 7.07. The second kappa shape index (κ2) is 9.22. The summed E-state index contributed by atoms with van der Waals surface area (Å²) in [5.74, 6) is -0.839. The van der Waals surface area contributed by atoms with E-state index < -0.39 is 23.2 Å². The topological polar surface area (TPSA) is 78.7 Å². The number of halogens is 5. The number of thiophene rings is 1. The minimum atomic E-state index is -4.75. The van der Waals surface area contributed by atoms with E-state index in [9.17, 15) is 23.2 Å². The molecule has 0 fully saturated rings. The maximum Gasteiger partial charge on any atom is 0.417 e. The lowest BCUT2D eigenvalue weighted by molar-refractivity contribution is -0.138. The van der Waals surface area contributed by atoms with Crippen molar-refractivity contribution in [1.82, 2.24) is 9.97 Å². The highest BCUT2D eigenvalue weighted by Crippen LogP contribution is 2.38. The van der Waals surface area contributed by atoms with Crippen LogP contribution in [0.15, 0.2) is 40.9 Å². The van der Waals surface area contributed by atoms with Crippen LogP contribution in [0, 0.1) is 11.3 Å². The number of aromatic nitrogens is 2. The third-order valence-corrected chi connectivity index (χ3v) is 5.95. The zero-order valence-electron chi connectivity index (χ0n) is 14.6. The first-order chi connectivity index (χ1) is 14.2. The molecule has 0 unspecified atom stereocenters. The van der Waals surface area contributed by atoms with Crippen LogP contribution in [-0.2, 0) is 11.0 Å². The highest BCUT2D eigenvalue weighted by Gasteiger charge is 2.36. The standard InChI is InChI=1S/C18H9Cl2F3N4OS2/c19-9-4-12(20)16(25-7-9)27-15(28)8-30-17-10(6-24)11(18(21,22)23)5-13(26-17)14-2-1-3-29-14/h1-5,7H,8H2,(H,25,27,28). The van der Waals surface area contributed by atoms with Gasteiger partial charge >= 0.3 is 6.18 Å². The summed E-state index contributed by atoms with van der Waals surface area (Å²) >= 11 is 13.6. The van der Waals surface area contributed by atoms with Gasteiger partial charge in [-0.05, 0) is 23.6 Å². The molecule has 0 aliphatic heterocycles. The van der Waals surface area contributed by atoms with Crippen LogP contribution in [0.2, 0.25) is 10.0 Å². The van der Waals surface area contributed by atoms with Crippen LogP contribution < -0.4 is 5.32 Å². The van der Waals surface area contributed by atoms with E-state index in [0.717, 1.165) is 6.07 Å². The summed E-state index contributed by atoms with van der Waals surface area (Å²) in [7, 11) is 0. The quantitative estimate of drug-likeness (QED) is 0.436. The molecule has 3 heterocycles.